The van der Waals surface area contributed by atoms with Crippen molar-refractivity contribution in [1.82, 2.24) is 19.2 Å². The highest BCUT2D eigenvalue weighted by molar-refractivity contribution is 7.89. The summed E-state index contributed by atoms with van der Waals surface area (Å²) in [5.41, 5.74) is 4.83. The van der Waals surface area contributed by atoms with E-state index in [1.807, 2.05) is 6.07 Å². The fraction of sp³-hybridized carbons (Fsp3) is 0.423. The molecule has 1 fully saturated rings. The van der Waals surface area contributed by atoms with Gasteiger partial charge in [-0.05, 0) is 85.0 Å². The summed E-state index contributed by atoms with van der Waals surface area (Å²) in [4.78, 5) is 6.46. The summed E-state index contributed by atoms with van der Waals surface area (Å²) in [6.45, 7) is 3.72. The molecule has 2 unspecified atom stereocenters. The van der Waals surface area contributed by atoms with Gasteiger partial charge in [0.2, 0.25) is 0 Å². The Morgan fingerprint density at radius 1 is 1.15 bits per heavy atom. The molecule has 1 aromatic heterocycles. The Morgan fingerprint density at radius 2 is 2.00 bits per heavy atom. The second-order valence-electron chi connectivity index (χ2n) is 9.62. The number of halogens is 1. The zero-order valence-electron chi connectivity index (χ0n) is 19.5. The van der Waals surface area contributed by atoms with Crippen molar-refractivity contribution in [3.05, 3.63) is 83.1 Å². The van der Waals surface area contributed by atoms with Crippen LogP contribution in [0.25, 0.3) is 0 Å². The van der Waals surface area contributed by atoms with Gasteiger partial charge in [0, 0.05) is 26.3 Å². The van der Waals surface area contributed by atoms with Gasteiger partial charge in [-0.15, -0.1) is 0 Å². The van der Waals surface area contributed by atoms with Gasteiger partial charge in [0.1, 0.15) is 5.82 Å². The number of hydrogen-bond donors (Lipinski definition) is 1. The summed E-state index contributed by atoms with van der Waals surface area (Å²) < 4.78 is 43.1. The summed E-state index contributed by atoms with van der Waals surface area (Å²) in [7, 11) is -1.88. The Balaban J connectivity index is 1.31. The van der Waals surface area contributed by atoms with E-state index < -0.39 is 10.0 Å². The predicted octanol–water partition coefficient (Wildman–Crippen LogP) is 3.28. The number of aryl methyl sites for hydroxylation is 1. The number of fused-ring (bicyclic) bond motifs is 1. The third-order valence-corrected chi connectivity index (χ3v) is 8.45. The van der Waals surface area contributed by atoms with Crippen LogP contribution in [0.1, 0.15) is 34.6 Å². The van der Waals surface area contributed by atoms with E-state index in [4.69, 9.17) is 0 Å². The average molecular weight is 483 g/mol. The van der Waals surface area contributed by atoms with Gasteiger partial charge in [-0.3, -0.25) is 0 Å². The molecule has 0 spiro atoms. The molecule has 1 N–H and O–H groups in total. The third kappa shape index (κ3) is 5.09. The molecule has 3 aromatic rings. The van der Waals surface area contributed by atoms with Crippen molar-refractivity contribution < 1.29 is 12.8 Å². The molecule has 1 aliphatic carbocycles. The number of hydrogen-bond acceptors (Lipinski definition) is 4. The number of sulfonamides is 1. The molecule has 0 amide bonds. The van der Waals surface area contributed by atoms with Crippen molar-refractivity contribution in [2.75, 3.05) is 26.2 Å². The second-order valence-corrected chi connectivity index (χ2v) is 11.3. The summed E-state index contributed by atoms with van der Waals surface area (Å²) in [6.07, 6.45) is 6.70. The molecule has 2 atom stereocenters. The maximum Gasteiger partial charge on any atom is 0.259 e. The molecule has 2 aliphatic rings. The van der Waals surface area contributed by atoms with Crippen molar-refractivity contribution in [3.8, 4) is 0 Å². The minimum Gasteiger partial charge on any atom is -0.339 e. The fourth-order valence-corrected chi connectivity index (χ4v) is 6.23. The van der Waals surface area contributed by atoms with Crippen LogP contribution in [-0.2, 0) is 36.3 Å². The van der Waals surface area contributed by atoms with Gasteiger partial charge in [0.05, 0.1) is 6.33 Å². The van der Waals surface area contributed by atoms with Gasteiger partial charge >= 0.3 is 0 Å². The van der Waals surface area contributed by atoms with Crippen LogP contribution in [0.15, 0.2) is 60.0 Å². The topological polar surface area (TPSA) is 67.2 Å². The molecule has 2 aromatic carbocycles. The number of rotatable bonds is 9. The summed E-state index contributed by atoms with van der Waals surface area (Å²) in [5.74, 6) is 0.656. The molecule has 5 rings (SSSR count). The minimum absolute atomic E-state index is 0.0351. The largest absolute Gasteiger partial charge is 0.339 e. The Morgan fingerprint density at radius 3 is 2.71 bits per heavy atom. The number of aromatic nitrogens is 2. The molecular weight excluding hydrogens is 451 g/mol. The first-order valence-electron chi connectivity index (χ1n) is 11.9. The van der Waals surface area contributed by atoms with Crippen molar-refractivity contribution in [3.63, 3.8) is 0 Å². The van der Waals surface area contributed by atoms with E-state index in [2.05, 4.69) is 32.8 Å². The van der Waals surface area contributed by atoms with E-state index >= 15 is 0 Å². The first kappa shape index (κ1) is 23.2. The van der Waals surface area contributed by atoms with Crippen molar-refractivity contribution in [2.24, 2.45) is 13.0 Å². The molecule has 180 valence electrons. The summed E-state index contributed by atoms with van der Waals surface area (Å²) in [6, 6.07) is 13.5. The molecule has 2 heterocycles. The third-order valence-electron chi connectivity index (χ3n) is 7.11. The minimum atomic E-state index is -3.62. The Hall–Kier alpha value is -2.55. The van der Waals surface area contributed by atoms with Crippen LogP contribution >= 0.6 is 0 Å². The van der Waals surface area contributed by atoms with Crippen LogP contribution in [0.4, 0.5) is 4.39 Å². The quantitative estimate of drug-likeness (QED) is 0.508. The van der Waals surface area contributed by atoms with E-state index in [1.165, 1.54) is 49.2 Å². The molecule has 6 nitrogen and oxygen atoms in total. The Kier molecular flexibility index (Phi) is 6.55. The van der Waals surface area contributed by atoms with Gasteiger partial charge in [-0.2, -0.15) is 0 Å². The lowest BCUT2D eigenvalue weighted by Gasteiger charge is -2.35. The van der Waals surface area contributed by atoms with Crippen molar-refractivity contribution in [1.29, 1.82) is 0 Å². The maximum atomic E-state index is 13.9. The zero-order valence-corrected chi connectivity index (χ0v) is 20.3. The van der Waals surface area contributed by atoms with Crippen molar-refractivity contribution in [2.45, 2.75) is 36.6 Å². The number of nitrogens with zero attached hydrogens (tertiary/aromatic N) is 3. The molecule has 1 aliphatic heterocycles. The maximum absolute atomic E-state index is 13.9. The molecule has 34 heavy (non-hydrogen) atoms. The van der Waals surface area contributed by atoms with Crippen LogP contribution in [0.2, 0.25) is 0 Å². The standard InChI is InChI=1S/C26H31FN4O2S/c1-30-17-26(28-18-30)34(32,33)29-9-8-19-6-7-21-15-22(16-31-10-3-11-31)25(24(21)13-19)14-20-4-2-5-23(27)12-20/h2,4-7,12-13,17-18,22,25,29H,3,8-11,14-16H2,1H3. The molecule has 0 radical (unpaired) electrons. The van der Waals surface area contributed by atoms with Crippen LogP contribution in [0, 0.1) is 11.7 Å². The number of imidazole rings is 1. The molecule has 8 heteroatoms. The van der Waals surface area contributed by atoms with E-state index in [9.17, 15) is 12.8 Å². The molecule has 0 bridgehead atoms. The summed E-state index contributed by atoms with van der Waals surface area (Å²) >= 11 is 0. The van der Waals surface area contributed by atoms with Crippen LogP contribution in [-0.4, -0.2) is 49.0 Å². The molecule has 1 saturated heterocycles. The first-order valence-corrected chi connectivity index (χ1v) is 13.4. The lowest BCUT2D eigenvalue weighted by atomic mass is 9.85. The highest BCUT2D eigenvalue weighted by Gasteiger charge is 2.34. The number of benzene rings is 2. The van der Waals surface area contributed by atoms with Gasteiger partial charge in [-0.1, -0.05) is 30.3 Å². The van der Waals surface area contributed by atoms with Gasteiger partial charge in [-0.25, -0.2) is 22.5 Å². The van der Waals surface area contributed by atoms with E-state index in [-0.39, 0.29) is 10.8 Å². The predicted molar refractivity (Wildman–Crippen MR) is 130 cm³/mol. The van der Waals surface area contributed by atoms with E-state index in [1.54, 1.807) is 23.7 Å². The van der Waals surface area contributed by atoms with E-state index in [0.717, 1.165) is 30.5 Å². The van der Waals surface area contributed by atoms with Gasteiger partial charge in [0.25, 0.3) is 10.0 Å². The van der Waals surface area contributed by atoms with Gasteiger partial charge < -0.3 is 9.47 Å². The number of likely N-dealkylation sites (tertiary alicyclic amines) is 1. The smallest absolute Gasteiger partial charge is 0.259 e. The number of nitrogens with one attached hydrogen (secondary N) is 1. The molecule has 0 saturated carbocycles. The Bertz CT molecular complexity index is 1270. The highest BCUT2D eigenvalue weighted by atomic mass is 32.2. The SMILES string of the molecule is Cn1cnc(S(=O)(=O)NCCc2ccc3c(c2)C(Cc2cccc(F)c2)C(CN2CCC2)C3)c1. The van der Waals surface area contributed by atoms with Crippen molar-refractivity contribution >= 4 is 10.0 Å². The summed E-state index contributed by atoms with van der Waals surface area (Å²) in [5, 5.41) is 0.0351. The Labute approximate surface area is 200 Å². The zero-order chi connectivity index (χ0) is 23.7. The fourth-order valence-electron chi connectivity index (χ4n) is 5.22. The highest BCUT2D eigenvalue weighted by Crippen LogP contribution is 2.41. The lowest BCUT2D eigenvalue weighted by Crippen LogP contribution is -2.41. The van der Waals surface area contributed by atoms with E-state index in [0.29, 0.717) is 24.8 Å². The average Bonchev–Trinajstić information content (AvgIpc) is 3.35. The normalized spacial score (nSPS) is 20.3. The lowest BCUT2D eigenvalue weighted by molar-refractivity contribution is 0.145. The first-order chi connectivity index (χ1) is 16.4. The monoisotopic (exact) mass is 482 g/mol. The second kappa shape index (κ2) is 9.60. The van der Waals surface area contributed by atoms with Crippen LogP contribution in [0.5, 0.6) is 0 Å². The van der Waals surface area contributed by atoms with Crippen LogP contribution < -0.4 is 4.72 Å². The van der Waals surface area contributed by atoms with Gasteiger partial charge in [0.15, 0.2) is 5.03 Å². The molecular formula is C26H31FN4O2S. The van der Waals surface area contributed by atoms with Crippen LogP contribution in [0.3, 0.4) is 0 Å².